The molecule has 0 heterocycles. The Morgan fingerprint density at radius 1 is 1.40 bits per heavy atom. The number of hydrogen-bond donors (Lipinski definition) is 1. The van der Waals surface area contributed by atoms with E-state index in [2.05, 4.69) is 5.32 Å². The average molecular weight is 207 g/mol. The molecule has 0 aliphatic carbocycles. The number of ether oxygens (including phenoxy) is 1. The quantitative estimate of drug-likeness (QED) is 0.609. The van der Waals surface area contributed by atoms with Gasteiger partial charge < -0.3 is 10.1 Å². The molecule has 0 bridgehead atoms. The molecule has 0 spiro atoms. The molecule has 0 aliphatic rings. The third-order valence-corrected chi connectivity index (χ3v) is 1.70. The zero-order valence-corrected chi connectivity index (χ0v) is 8.74. The molecular formula is C11H13NO3. The Balaban J connectivity index is 2.74. The highest BCUT2D eigenvalue weighted by molar-refractivity contribution is 5.90. The van der Waals surface area contributed by atoms with Gasteiger partial charge in [-0.25, -0.2) is 0 Å². The molecule has 0 atom stereocenters. The van der Waals surface area contributed by atoms with Crippen LogP contribution in [0.1, 0.15) is 20.3 Å². The minimum atomic E-state index is -0.381. The maximum Gasteiger partial charge on any atom is 0.308 e. The van der Waals surface area contributed by atoms with E-state index in [-0.39, 0.29) is 11.9 Å². The minimum Gasteiger partial charge on any atom is -0.427 e. The van der Waals surface area contributed by atoms with Crippen LogP contribution in [0.2, 0.25) is 0 Å². The van der Waals surface area contributed by atoms with Crippen molar-refractivity contribution in [1.29, 1.82) is 0 Å². The molecule has 0 fully saturated rings. The molecule has 4 nitrogen and oxygen atoms in total. The first kappa shape index (κ1) is 11.2. The number of benzene rings is 1. The Morgan fingerprint density at radius 2 is 2.13 bits per heavy atom. The van der Waals surface area contributed by atoms with E-state index in [4.69, 9.17) is 4.74 Å². The molecule has 1 rings (SSSR count). The van der Waals surface area contributed by atoms with Gasteiger partial charge in [0.15, 0.2) is 0 Å². The third-order valence-electron chi connectivity index (χ3n) is 1.70. The van der Waals surface area contributed by atoms with Crippen LogP contribution in [0.15, 0.2) is 24.3 Å². The van der Waals surface area contributed by atoms with Crippen molar-refractivity contribution in [1.82, 2.24) is 0 Å². The lowest BCUT2D eigenvalue weighted by Crippen LogP contribution is -2.09. The van der Waals surface area contributed by atoms with Gasteiger partial charge in [-0.3, -0.25) is 9.59 Å². The van der Waals surface area contributed by atoms with E-state index in [1.54, 1.807) is 31.2 Å². The Morgan fingerprint density at radius 3 is 2.73 bits per heavy atom. The van der Waals surface area contributed by atoms with Crippen molar-refractivity contribution >= 4 is 17.6 Å². The first-order valence-electron chi connectivity index (χ1n) is 4.70. The second kappa shape index (κ2) is 5.14. The fourth-order valence-electron chi connectivity index (χ4n) is 1.05. The van der Waals surface area contributed by atoms with E-state index >= 15 is 0 Å². The number of hydrogen-bond acceptors (Lipinski definition) is 3. The predicted molar refractivity (Wildman–Crippen MR) is 56.7 cm³/mol. The maximum atomic E-state index is 11.1. The molecule has 1 aromatic rings. The van der Waals surface area contributed by atoms with Gasteiger partial charge in [-0.05, 0) is 12.1 Å². The first-order valence-corrected chi connectivity index (χ1v) is 4.70. The molecule has 80 valence electrons. The van der Waals surface area contributed by atoms with Gasteiger partial charge in [0.25, 0.3) is 0 Å². The van der Waals surface area contributed by atoms with Crippen molar-refractivity contribution in [2.45, 2.75) is 20.3 Å². The molecule has 0 aromatic heterocycles. The highest BCUT2D eigenvalue weighted by atomic mass is 16.5. The van der Waals surface area contributed by atoms with Crippen molar-refractivity contribution in [3.8, 4) is 5.75 Å². The summed E-state index contributed by atoms with van der Waals surface area (Å²) < 4.78 is 4.88. The van der Waals surface area contributed by atoms with Crippen LogP contribution < -0.4 is 10.1 Å². The van der Waals surface area contributed by atoms with E-state index < -0.39 is 0 Å². The summed E-state index contributed by atoms with van der Waals surface area (Å²) in [6.07, 6.45) is 0.414. The maximum absolute atomic E-state index is 11.1. The first-order chi connectivity index (χ1) is 7.11. The van der Waals surface area contributed by atoms with Crippen LogP contribution in [0.5, 0.6) is 5.75 Å². The van der Waals surface area contributed by atoms with Crippen LogP contribution in [0.25, 0.3) is 0 Å². The number of carbonyl (C=O) groups is 2. The average Bonchev–Trinajstić information content (AvgIpc) is 2.17. The number of amides is 1. The lowest BCUT2D eigenvalue weighted by molar-refractivity contribution is -0.131. The zero-order chi connectivity index (χ0) is 11.3. The second-order valence-corrected chi connectivity index (χ2v) is 3.02. The largest absolute Gasteiger partial charge is 0.427 e. The second-order valence-electron chi connectivity index (χ2n) is 3.02. The van der Waals surface area contributed by atoms with Crippen molar-refractivity contribution in [2.24, 2.45) is 0 Å². The van der Waals surface area contributed by atoms with Gasteiger partial charge in [0.1, 0.15) is 5.75 Å². The van der Waals surface area contributed by atoms with Crippen molar-refractivity contribution in [2.75, 3.05) is 5.32 Å². The van der Waals surface area contributed by atoms with Gasteiger partial charge in [0, 0.05) is 25.1 Å². The molecule has 4 heteroatoms. The van der Waals surface area contributed by atoms with Gasteiger partial charge in [-0.1, -0.05) is 13.0 Å². The highest BCUT2D eigenvalue weighted by Crippen LogP contribution is 2.17. The molecule has 1 N–H and O–H groups in total. The molecule has 15 heavy (non-hydrogen) atoms. The topological polar surface area (TPSA) is 55.4 Å². The summed E-state index contributed by atoms with van der Waals surface area (Å²) in [4.78, 5) is 21.8. The summed E-state index contributed by atoms with van der Waals surface area (Å²) in [5.41, 5.74) is 0.626. The molecular weight excluding hydrogens is 194 g/mol. The SMILES string of the molecule is CCC(=O)Nc1cccc(OC(C)=O)c1. The van der Waals surface area contributed by atoms with Crippen molar-refractivity contribution in [3.05, 3.63) is 24.3 Å². The summed E-state index contributed by atoms with van der Waals surface area (Å²) in [6.45, 7) is 3.10. The highest BCUT2D eigenvalue weighted by Gasteiger charge is 2.01. The summed E-state index contributed by atoms with van der Waals surface area (Å²) in [6, 6.07) is 6.71. The molecule has 0 saturated heterocycles. The summed E-state index contributed by atoms with van der Waals surface area (Å²) in [5.74, 6) is -0.0275. The Bertz CT molecular complexity index is 374. The van der Waals surface area contributed by atoms with Crippen LogP contribution in [0, 0.1) is 0 Å². The number of esters is 1. The monoisotopic (exact) mass is 207 g/mol. The van der Waals surface area contributed by atoms with Gasteiger partial charge in [-0.2, -0.15) is 0 Å². The molecule has 1 amide bonds. The lowest BCUT2D eigenvalue weighted by Gasteiger charge is -2.05. The van der Waals surface area contributed by atoms with Crippen molar-refractivity contribution < 1.29 is 14.3 Å². The zero-order valence-electron chi connectivity index (χ0n) is 8.74. The Hall–Kier alpha value is -1.84. The fourth-order valence-corrected chi connectivity index (χ4v) is 1.05. The predicted octanol–water partition coefficient (Wildman–Crippen LogP) is 1.96. The van der Waals surface area contributed by atoms with Crippen LogP contribution in [0.4, 0.5) is 5.69 Å². The van der Waals surface area contributed by atoms with Crippen LogP contribution in [0.3, 0.4) is 0 Å². The summed E-state index contributed by atoms with van der Waals surface area (Å²) >= 11 is 0. The van der Waals surface area contributed by atoms with E-state index in [1.807, 2.05) is 0 Å². The van der Waals surface area contributed by atoms with Crippen LogP contribution in [-0.2, 0) is 9.59 Å². The van der Waals surface area contributed by atoms with Gasteiger partial charge in [-0.15, -0.1) is 0 Å². The normalized spacial score (nSPS) is 9.47. The lowest BCUT2D eigenvalue weighted by atomic mass is 10.3. The fraction of sp³-hybridized carbons (Fsp3) is 0.273. The van der Waals surface area contributed by atoms with E-state index in [1.165, 1.54) is 6.92 Å². The third kappa shape index (κ3) is 3.81. The summed E-state index contributed by atoms with van der Waals surface area (Å²) in [5, 5.41) is 2.67. The molecule has 0 saturated carbocycles. The standard InChI is InChI=1S/C11H13NO3/c1-3-11(14)12-9-5-4-6-10(7-9)15-8(2)13/h4-7H,3H2,1-2H3,(H,12,14). The van der Waals surface area contributed by atoms with E-state index in [0.29, 0.717) is 17.9 Å². The minimum absolute atomic E-state index is 0.0741. The van der Waals surface area contributed by atoms with E-state index in [0.717, 1.165) is 0 Å². The number of rotatable bonds is 3. The Labute approximate surface area is 88.2 Å². The molecule has 0 aliphatic heterocycles. The van der Waals surface area contributed by atoms with E-state index in [9.17, 15) is 9.59 Å². The smallest absolute Gasteiger partial charge is 0.308 e. The Kier molecular flexibility index (Phi) is 3.85. The summed E-state index contributed by atoms with van der Waals surface area (Å²) in [7, 11) is 0. The van der Waals surface area contributed by atoms with Crippen LogP contribution >= 0.6 is 0 Å². The number of nitrogens with one attached hydrogen (secondary N) is 1. The van der Waals surface area contributed by atoms with Gasteiger partial charge in [0.2, 0.25) is 5.91 Å². The molecule has 0 unspecified atom stereocenters. The molecule has 1 aromatic carbocycles. The van der Waals surface area contributed by atoms with Crippen molar-refractivity contribution in [3.63, 3.8) is 0 Å². The molecule has 0 radical (unpaired) electrons. The van der Waals surface area contributed by atoms with Crippen LogP contribution in [-0.4, -0.2) is 11.9 Å². The number of carbonyl (C=O) groups excluding carboxylic acids is 2. The van der Waals surface area contributed by atoms with Gasteiger partial charge >= 0.3 is 5.97 Å². The van der Waals surface area contributed by atoms with Gasteiger partial charge in [0.05, 0.1) is 0 Å². The number of anilines is 1.